The summed E-state index contributed by atoms with van der Waals surface area (Å²) in [6.45, 7) is 11.8. The predicted molar refractivity (Wildman–Crippen MR) is 79.2 cm³/mol. The first-order valence-electron chi connectivity index (χ1n) is 6.52. The molecule has 100 valence electrons. The van der Waals surface area contributed by atoms with Crippen molar-refractivity contribution in [2.45, 2.75) is 44.8 Å². The molecule has 0 aromatic heterocycles. The van der Waals surface area contributed by atoms with Gasteiger partial charge in [0.15, 0.2) is 0 Å². The molecule has 1 unspecified atom stereocenters. The van der Waals surface area contributed by atoms with Gasteiger partial charge in [-0.2, -0.15) is 0 Å². The van der Waals surface area contributed by atoms with Crippen LogP contribution in [0.15, 0.2) is 23.1 Å². The van der Waals surface area contributed by atoms with Crippen LogP contribution in [-0.4, -0.2) is 29.1 Å². The standard InChI is InChI=1S/C15H23NOS/c1-6-16(7-2)15(17)13(5)18-14-9-8-11(3)10-12(14)4/h8-10,13H,6-7H2,1-5H3. The summed E-state index contributed by atoms with van der Waals surface area (Å²) >= 11 is 1.65. The molecule has 0 saturated heterocycles. The third-order valence-electron chi connectivity index (χ3n) is 3.06. The molecule has 0 aliphatic rings. The molecule has 1 atom stereocenters. The molecule has 0 bridgehead atoms. The molecule has 0 fully saturated rings. The first-order chi connectivity index (χ1) is 8.49. The molecule has 0 N–H and O–H groups in total. The number of hydrogen-bond donors (Lipinski definition) is 0. The number of benzene rings is 1. The lowest BCUT2D eigenvalue weighted by atomic mass is 10.2. The Morgan fingerprint density at radius 1 is 1.28 bits per heavy atom. The Labute approximate surface area is 115 Å². The highest BCUT2D eigenvalue weighted by atomic mass is 32.2. The van der Waals surface area contributed by atoms with Crippen molar-refractivity contribution >= 4 is 17.7 Å². The summed E-state index contributed by atoms with van der Waals surface area (Å²) in [6.07, 6.45) is 0. The van der Waals surface area contributed by atoms with Gasteiger partial charge in [-0.05, 0) is 46.2 Å². The van der Waals surface area contributed by atoms with Gasteiger partial charge in [0.2, 0.25) is 5.91 Å². The lowest BCUT2D eigenvalue weighted by molar-refractivity contribution is -0.129. The van der Waals surface area contributed by atoms with Crippen molar-refractivity contribution in [2.24, 2.45) is 0 Å². The number of carbonyl (C=O) groups is 1. The van der Waals surface area contributed by atoms with Crippen LogP contribution in [0.3, 0.4) is 0 Å². The Morgan fingerprint density at radius 3 is 2.39 bits per heavy atom. The lowest BCUT2D eigenvalue weighted by Gasteiger charge is -2.23. The van der Waals surface area contributed by atoms with Gasteiger partial charge >= 0.3 is 0 Å². The van der Waals surface area contributed by atoms with Crippen LogP contribution in [-0.2, 0) is 4.79 Å². The van der Waals surface area contributed by atoms with Crippen LogP contribution in [0.4, 0.5) is 0 Å². The predicted octanol–water partition coefficient (Wildman–Crippen LogP) is 3.65. The van der Waals surface area contributed by atoms with Gasteiger partial charge < -0.3 is 4.90 Å². The van der Waals surface area contributed by atoms with Crippen molar-refractivity contribution < 1.29 is 4.79 Å². The van der Waals surface area contributed by atoms with Crippen molar-refractivity contribution in [1.29, 1.82) is 0 Å². The second kappa shape index (κ2) is 6.83. The maximum atomic E-state index is 12.2. The Balaban J connectivity index is 2.75. The van der Waals surface area contributed by atoms with E-state index in [0.29, 0.717) is 0 Å². The van der Waals surface area contributed by atoms with E-state index < -0.39 is 0 Å². The molecule has 1 aromatic rings. The molecule has 0 radical (unpaired) electrons. The Morgan fingerprint density at radius 2 is 1.89 bits per heavy atom. The summed E-state index contributed by atoms with van der Waals surface area (Å²) < 4.78 is 0. The number of thioether (sulfide) groups is 1. The van der Waals surface area contributed by atoms with Gasteiger partial charge in [0, 0.05) is 18.0 Å². The first-order valence-corrected chi connectivity index (χ1v) is 7.40. The highest BCUT2D eigenvalue weighted by Crippen LogP contribution is 2.28. The average Bonchev–Trinajstić information content (AvgIpc) is 2.34. The fraction of sp³-hybridized carbons (Fsp3) is 0.533. The molecule has 1 rings (SSSR count). The number of rotatable bonds is 5. The van der Waals surface area contributed by atoms with E-state index in [9.17, 15) is 4.79 Å². The minimum absolute atomic E-state index is 0.0219. The zero-order valence-corrected chi connectivity index (χ0v) is 12.8. The number of amides is 1. The van der Waals surface area contributed by atoms with Crippen molar-refractivity contribution in [3.05, 3.63) is 29.3 Å². The van der Waals surface area contributed by atoms with E-state index in [1.807, 2.05) is 25.7 Å². The van der Waals surface area contributed by atoms with Crippen LogP contribution in [0.2, 0.25) is 0 Å². The van der Waals surface area contributed by atoms with Gasteiger partial charge in [0.05, 0.1) is 5.25 Å². The highest BCUT2D eigenvalue weighted by molar-refractivity contribution is 8.00. The maximum Gasteiger partial charge on any atom is 0.235 e. The van der Waals surface area contributed by atoms with Gasteiger partial charge in [0.1, 0.15) is 0 Å². The summed E-state index contributed by atoms with van der Waals surface area (Å²) in [6, 6.07) is 6.38. The Bertz CT molecular complexity index is 413. The van der Waals surface area contributed by atoms with Crippen molar-refractivity contribution in [3.63, 3.8) is 0 Å². The van der Waals surface area contributed by atoms with E-state index in [1.165, 1.54) is 16.0 Å². The van der Waals surface area contributed by atoms with Crippen LogP contribution in [0.1, 0.15) is 31.9 Å². The van der Waals surface area contributed by atoms with E-state index in [-0.39, 0.29) is 11.2 Å². The lowest BCUT2D eigenvalue weighted by Crippen LogP contribution is -2.36. The van der Waals surface area contributed by atoms with E-state index in [0.717, 1.165) is 13.1 Å². The minimum atomic E-state index is -0.0219. The van der Waals surface area contributed by atoms with Gasteiger partial charge in [-0.1, -0.05) is 17.7 Å². The quantitative estimate of drug-likeness (QED) is 0.757. The zero-order valence-electron chi connectivity index (χ0n) is 12.0. The fourth-order valence-electron chi connectivity index (χ4n) is 1.96. The minimum Gasteiger partial charge on any atom is -0.342 e. The van der Waals surface area contributed by atoms with Crippen LogP contribution >= 0.6 is 11.8 Å². The number of hydrogen-bond acceptors (Lipinski definition) is 2. The zero-order chi connectivity index (χ0) is 13.7. The smallest absolute Gasteiger partial charge is 0.235 e. The highest BCUT2D eigenvalue weighted by Gasteiger charge is 2.19. The van der Waals surface area contributed by atoms with Crippen LogP contribution in [0.25, 0.3) is 0 Å². The summed E-state index contributed by atoms with van der Waals surface area (Å²) in [5.41, 5.74) is 2.51. The van der Waals surface area contributed by atoms with Crippen LogP contribution in [0, 0.1) is 13.8 Å². The normalized spacial score (nSPS) is 12.3. The topological polar surface area (TPSA) is 20.3 Å². The third-order valence-corrected chi connectivity index (χ3v) is 4.32. The van der Waals surface area contributed by atoms with Gasteiger partial charge in [-0.3, -0.25) is 4.79 Å². The molecule has 0 heterocycles. The molecule has 0 saturated carbocycles. The van der Waals surface area contributed by atoms with Crippen molar-refractivity contribution in [2.75, 3.05) is 13.1 Å². The summed E-state index contributed by atoms with van der Waals surface area (Å²) in [7, 11) is 0. The molecule has 0 aliphatic carbocycles. The number of carbonyl (C=O) groups excluding carboxylic acids is 1. The molecular weight excluding hydrogens is 242 g/mol. The monoisotopic (exact) mass is 265 g/mol. The summed E-state index contributed by atoms with van der Waals surface area (Å²) in [5, 5.41) is -0.0219. The van der Waals surface area contributed by atoms with E-state index in [2.05, 4.69) is 32.0 Å². The average molecular weight is 265 g/mol. The molecule has 2 nitrogen and oxygen atoms in total. The SMILES string of the molecule is CCN(CC)C(=O)C(C)Sc1ccc(C)cc1C. The van der Waals surface area contributed by atoms with Gasteiger partial charge in [0.25, 0.3) is 0 Å². The van der Waals surface area contributed by atoms with Crippen molar-refractivity contribution in [3.8, 4) is 0 Å². The Hall–Kier alpha value is -0.960. The number of aryl methyl sites for hydroxylation is 2. The molecular formula is C15H23NOS. The van der Waals surface area contributed by atoms with E-state index >= 15 is 0 Å². The second-order valence-electron chi connectivity index (χ2n) is 4.54. The van der Waals surface area contributed by atoms with E-state index in [1.54, 1.807) is 11.8 Å². The molecule has 0 aliphatic heterocycles. The molecule has 1 amide bonds. The largest absolute Gasteiger partial charge is 0.342 e. The fourth-order valence-corrected chi connectivity index (χ4v) is 2.99. The van der Waals surface area contributed by atoms with Crippen LogP contribution < -0.4 is 0 Å². The summed E-state index contributed by atoms with van der Waals surface area (Å²) in [4.78, 5) is 15.3. The third kappa shape index (κ3) is 3.77. The Kier molecular flexibility index (Phi) is 5.73. The van der Waals surface area contributed by atoms with Crippen molar-refractivity contribution in [1.82, 2.24) is 4.90 Å². The van der Waals surface area contributed by atoms with Gasteiger partial charge in [-0.15, -0.1) is 11.8 Å². The van der Waals surface area contributed by atoms with Gasteiger partial charge in [-0.25, -0.2) is 0 Å². The van der Waals surface area contributed by atoms with E-state index in [4.69, 9.17) is 0 Å². The van der Waals surface area contributed by atoms with Crippen LogP contribution in [0.5, 0.6) is 0 Å². The molecule has 0 spiro atoms. The molecule has 1 aromatic carbocycles. The first kappa shape index (κ1) is 15.1. The number of nitrogens with zero attached hydrogens (tertiary/aromatic N) is 1. The molecule has 3 heteroatoms. The summed E-state index contributed by atoms with van der Waals surface area (Å²) in [5.74, 6) is 0.227. The maximum absolute atomic E-state index is 12.2. The second-order valence-corrected chi connectivity index (χ2v) is 5.92. The molecule has 18 heavy (non-hydrogen) atoms.